The molecule has 2 aromatic heterocycles. The number of rotatable bonds is 3. The van der Waals surface area contributed by atoms with E-state index in [1.54, 1.807) is 6.07 Å². The molecule has 0 bridgehead atoms. The minimum absolute atomic E-state index is 0.303. The molecule has 0 aliphatic heterocycles. The number of phenols is 1. The molecule has 0 aliphatic carbocycles. The molecule has 0 amide bonds. The van der Waals surface area contributed by atoms with Crippen molar-refractivity contribution in [1.29, 1.82) is 0 Å². The normalized spacial score (nSPS) is 11.9. The summed E-state index contributed by atoms with van der Waals surface area (Å²) in [6.07, 6.45) is 4.24. The highest BCUT2D eigenvalue weighted by molar-refractivity contribution is 5.87. The fourth-order valence-corrected chi connectivity index (χ4v) is 3.79. The monoisotopic (exact) mass is 345 g/mol. The molecule has 4 rings (SSSR count). The predicted octanol–water partition coefficient (Wildman–Crippen LogP) is 5.32. The second kappa shape index (κ2) is 6.17. The Kier molecular flexibility index (Phi) is 3.95. The summed E-state index contributed by atoms with van der Waals surface area (Å²) >= 11 is 0. The second-order valence-corrected chi connectivity index (χ2v) is 7.59. The van der Waals surface area contributed by atoms with Gasteiger partial charge in [0.25, 0.3) is 6.33 Å². The molecule has 1 N–H and O–H groups in total. The van der Waals surface area contributed by atoms with Crippen LogP contribution in [-0.4, -0.2) is 9.51 Å². The van der Waals surface area contributed by atoms with E-state index >= 15 is 0 Å². The lowest BCUT2D eigenvalue weighted by Gasteiger charge is -2.16. The summed E-state index contributed by atoms with van der Waals surface area (Å²) in [6.45, 7) is 8.95. The Morgan fingerprint density at radius 1 is 0.846 bits per heavy atom. The molecular formula is C23H25N2O+. The summed E-state index contributed by atoms with van der Waals surface area (Å²) < 4.78 is 4.29. The van der Waals surface area contributed by atoms with Gasteiger partial charge in [-0.1, -0.05) is 58.0 Å². The van der Waals surface area contributed by atoms with Gasteiger partial charge in [0.15, 0.2) is 16.8 Å². The Hall–Kier alpha value is -2.81. The van der Waals surface area contributed by atoms with Gasteiger partial charge in [0.1, 0.15) is 11.9 Å². The molecule has 0 unspecified atom stereocenters. The van der Waals surface area contributed by atoms with E-state index < -0.39 is 0 Å². The number of benzene rings is 2. The lowest BCUT2D eigenvalue weighted by molar-refractivity contribution is -0.595. The Morgan fingerprint density at radius 3 is 2.15 bits per heavy atom. The van der Waals surface area contributed by atoms with Crippen molar-refractivity contribution in [3.8, 4) is 11.4 Å². The molecule has 0 spiro atoms. The zero-order valence-electron chi connectivity index (χ0n) is 15.8. The minimum atomic E-state index is 0.303. The molecule has 0 atom stereocenters. The highest BCUT2D eigenvalue weighted by atomic mass is 16.3. The van der Waals surface area contributed by atoms with E-state index in [1.165, 1.54) is 16.8 Å². The van der Waals surface area contributed by atoms with Crippen LogP contribution in [0.1, 0.15) is 50.7 Å². The average molecular weight is 345 g/mol. The van der Waals surface area contributed by atoms with Crippen LogP contribution in [-0.2, 0) is 0 Å². The number of aromatic nitrogens is 2. The molecule has 3 heteroatoms. The molecule has 0 fully saturated rings. The molecule has 2 heterocycles. The number of phenolic OH excluding ortho intramolecular Hbond substituents is 1. The van der Waals surface area contributed by atoms with Gasteiger partial charge in [-0.3, -0.25) is 0 Å². The summed E-state index contributed by atoms with van der Waals surface area (Å²) in [6, 6.07) is 16.4. The molecule has 4 aromatic rings. The lowest BCUT2D eigenvalue weighted by Crippen LogP contribution is -2.31. The van der Waals surface area contributed by atoms with Gasteiger partial charge >= 0.3 is 0 Å². The third-order valence-electron chi connectivity index (χ3n) is 5.11. The fourth-order valence-electron chi connectivity index (χ4n) is 3.79. The largest absolute Gasteiger partial charge is 0.504 e. The van der Waals surface area contributed by atoms with Crippen LogP contribution in [0.5, 0.6) is 5.75 Å². The van der Waals surface area contributed by atoms with E-state index in [4.69, 9.17) is 0 Å². The van der Waals surface area contributed by atoms with E-state index in [0.717, 1.165) is 16.4 Å². The van der Waals surface area contributed by atoms with Crippen molar-refractivity contribution in [1.82, 2.24) is 4.40 Å². The quantitative estimate of drug-likeness (QED) is 0.500. The minimum Gasteiger partial charge on any atom is -0.504 e. The van der Waals surface area contributed by atoms with Crippen LogP contribution in [0.2, 0.25) is 0 Å². The lowest BCUT2D eigenvalue weighted by atomic mass is 9.92. The maximum atomic E-state index is 10.4. The molecule has 2 aromatic carbocycles. The predicted molar refractivity (Wildman–Crippen MR) is 106 cm³/mol. The SMILES string of the molecule is CC(C)c1cccc(C(C)C)c1-[n+]1cc2ccc3cccc(O)c3n2c1. The third kappa shape index (κ3) is 2.55. The Bertz CT molecular complexity index is 1080. The van der Waals surface area contributed by atoms with Gasteiger partial charge in [0.2, 0.25) is 0 Å². The summed E-state index contributed by atoms with van der Waals surface area (Å²) in [5.41, 5.74) is 5.84. The maximum Gasteiger partial charge on any atom is 0.254 e. The van der Waals surface area contributed by atoms with Crippen LogP contribution in [0, 0.1) is 0 Å². The van der Waals surface area contributed by atoms with E-state index in [2.05, 4.69) is 79.5 Å². The Morgan fingerprint density at radius 2 is 1.50 bits per heavy atom. The van der Waals surface area contributed by atoms with Gasteiger partial charge in [-0.05, 0) is 30.0 Å². The van der Waals surface area contributed by atoms with E-state index in [1.807, 2.05) is 12.1 Å². The third-order valence-corrected chi connectivity index (χ3v) is 5.11. The number of pyridine rings is 1. The molecule has 0 saturated carbocycles. The summed E-state index contributed by atoms with van der Waals surface area (Å²) in [7, 11) is 0. The molecule has 0 saturated heterocycles. The maximum absolute atomic E-state index is 10.4. The molecule has 0 aliphatic rings. The highest BCUT2D eigenvalue weighted by Crippen LogP contribution is 2.29. The van der Waals surface area contributed by atoms with E-state index in [-0.39, 0.29) is 0 Å². The van der Waals surface area contributed by atoms with Crippen molar-refractivity contribution < 1.29 is 9.67 Å². The van der Waals surface area contributed by atoms with E-state index in [0.29, 0.717) is 17.6 Å². The van der Waals surface area contributed by atoms with Crippen LogP contribution in [0.25, 0.3) is 22.1 Å². The zero-order valence-corrected chi connectivity index (χ0v) is 15.8. The standard InChI is InChI=1S/C23H24N2O/c1-15(2)19-8-6-9-20(16(3)4)23(19)24-13-18-12-11-17-7-5-10-21(26)22(17)25(18)14-24/h5-16H,1-4H3/p+1. The number of nitrogens with zero attached hydrogens (tertiary/aromatic N) is 2. The van der Waals surface area contributed by atoms with Crippen LogP contribution < -0.4 is 4.57 Å². The number of imidazole rings is 1. The van der Waals surface area contributed by atoms with Crippen molar-refractivity contribution in [3.63, 3.8) is 0 Å². The Labute approximate surface area is 154 Å². The van der Waals surface area contributed by atoms with Gasteiger partial charge in [0.05, 0.1) is 0 Å². The number of aromatic hydroxyl groups is 1. The van der Waals surface area contributed by atoms with Gasteiger partial charge in [-0.2, -0.15) is 4.40 Å². The first-order valence-electron chi connectivity index (χ1n) is 9.24. The first-order valence-corrected chi connectivity index (χ1v) is 9.24. The molecular weight excluding hydrogens is 320 g/mol. The smallest absolute Gasteiger partial charge is 0.254 e. The zero-order chi connectivity index (χ0) is 18.4. The van der Waals surface area contributed by atoms with E-state index in [9.17, 15) is 5.11 Å². The van der Waals surface area contributed by atoms with Crippen LogP contribution >= 0.6 is 0 Å². The van der Waals surface area contributed by atoms with Crippen molar-refractivity contribution in [3.05, 3.63) is 72.2 Å². The van der Waals surface area contributed by atoms with Gasteiger partial charge in [0, 0.05) is 16.5 Å². The first kappa shape index (κ1) is 16.6. The Balaban J connectivity index is 2.06. The summed E-state index contributed by atoms with van der Waals surface area (Å²) in [5, 5.41) is 11.4. The molecule has 132 valence electrons. The number of fused-ring (bicyclic) bond motifs is 3. The summed E-state index contributed by atoms with van der Waals surface area (Å²) in [4.78, 5) is 0. The van der Waals surface area contributed by atoms with Gasteiger partial charge < -0.3 is 5.11 Å². The van der Waals surface area contributed by atoms with Crippen LogP contribution in [0.4, 0.5) is 0 Å². The fraction of sp³-hybridized carbons (Fsp3) is 0.261. The van der Waals surface area contributed by atoms with Crippen molar-refractivity contribution in [2.75, 3.05) is 0 Å². The average Bonchev–Trinajstić information content (AvgIpc) is 3.05. The van der Waals surface area contributed by atoms with Crippen molar-refractivity contribution in [2.24, 2.45) is 0 Å². The van der Waals surface area contributed by atoms with Gasteiger partial charge in [-0.25, -0.2) is 4.57 Å². The summed E-state index contributed by atoms with van der Waals surface area (Å²) in [5.74, 6) is 1.17. The number of hydrogen-bond donors (Lipinski definition) is 1. The highest BCUT2D eigenvalue weighted by Gasteiger charge is 2.22. The molecule has 0 radical (unpaired) electrons. The number of hydrogen-bond acceptors (Lipinski definition) is 1. The second-order valence-electron chi connectivity index (χ2n) is 7.59. The van der Waals surface area contributed by atoms with Gasteiger partial charge in [-0.15, -0.1) is 0 Å². The van der Waals surface area contributed by atoms with Crippen molar-refractivity contribution >= 4 is 16.4 Å². The first-order chi connectivity index (χ1) is 12.5. The van der Waals surface area contributed by atoms with Crippen molar-refractivity contribution in [2.45, 2.75) is 39.5 Å². The van der Waals surface area contributed by atoms with Crippen LogP contribution in [0.3, 0.4) is 0 Å². The molecule has 3 nitrogen and oxygen atoms in total. The number of para-hydroxylation sites is 2. The van der Waals surface area contributed by atoms with Crippen LogP contribution in [0.15, 0.2) is 61.1 Å². The topological polar surface area (TPSA) is 28.5 Å². The molecule has 26 heavy (non-hydrogen) atoms.